The first-order valence-electron chi connectivity index (χ1n) is 8.77. The van der Waals surface area contributed by atoms with E-state index in [1.807, 2.05) is 17.0 Å². The minimum Gasteiger partial charge on any atom is -0.496 e. The number of ether oxygens (including phenoxy) is 2. The molecule has 5 nitrogen and oxygen atoms in total. The minimum absolute atomic E-state index is 0.0661. The van der Waals surface area contributed by atoms with Crippen LogP contribution in [0.2, 0.25) is 0 Å². The van der Waals surface area contributed by atoms with Gasteiger partial charge in [-0.3, -0.25) is 9.59 Å². The summed E-state index contributed by atoms with van der Waals surface area (Å²) in [5.74, 6) is 0.245. The van der Waals surface area contributed by atoms with Gasteiger partial charge in [0.25, 0.3) is 5.91 Å². The summed E-state index contributed by atoms with van der Waals surface area (Å²) in [6, 6.07) is 7.43. The smallest absolute Gasteiger partial charge is 0.307 e. The summed E-state index contributed by atoms with van der Waals surface area (Å²) < 4.78 is 10.3. The fourth-order valence-electron chi connectivity index (χ4n) is 3.26. The van der Waals surface area contributed by atoms with Crippen molar-refractivity contribution in [2.45, 2.75) is 51.5 Å². The zero-order chi connectivity index (χ0) is 17.4. The maximum atomic E-state index is 13.1. The molecule has 1 aromatic carbocycles. The van der Waals surface area contributed by atoms with Gasteiger partial charge in [-0.05, 0) is 31.9 Å². The summed E-state index contributed by atoms with van der Waals surface area (Å²) in [5.41, 5.74) is 0.550. The number of benzene rings is 1. The Balaban J connectivity index is 2.17. The third-order valence-corrected chi connectivity index (χ3v) is 4.48. The molecule has 2 rings (SSSR count). The average molecular weight is 333 g/mol. The van der Waals surface area contributed by atoms with E-state index in [0.717, 1.165) is 25.7 Å². The lowest BCUT2D eigenvalue weighted by atomic mass is 9.93. The Bertz CT molecular complexity index is 552. The second kappa shape index (κ2) is 9.30. The molecule has 1 aromatic rings. The molecule has 0 spiro atoms. The zero-order valence-corrected chi connectivity index (χ0v) is 14.6. The van der Waals surface area contributed by atoms with Crippen LogP contribution in [0.3, 0.4) is 0 Å². The highest BCUT2D eigenvalue weighted by Crippen LogP contribution is 2.27. The average Bonchev–Trinajstić information content (AvgIpc) is 2.62. The number of methoxy groups -OCH3 is 1. The molecule has 0 atom stereocenters. The summed E-state index contributed by atoms with van der Waals surface area (Å²) in [6.45, 7) is 2.54. The van der Waals surface area contributed by atoms with Crippen molar-refractivity contribution >= 4 is 11.9 Å². The maximum absolute atomic E-state index is 13.1. The van der Waals surface area contributed by atoms with Crippen molar-refractivity contribution in [3.05, 3.63) is 29.8 Å². The van der Waals surface area contributed by atoms with E-state index in [1.165, 1.54) is 6.42 Å². The Labute approximate surface area is 143 Å². The van der Waals surface area contributed by atoms with Crippen molar-refractivity contribution in [3.8, 4) is 5.75 Å². The van der Waals surface area contributed by atoms with Crippen LogP contribution in [0, 0.1) is 0 Å². The van der Waals surface area contributed by atoms with Crippen LogP contribution in [-0.4, -0.2) is 43.1 Å². The first-order chi connectivity index (χ1) is 11.7. The largest absolute Gasteiger partial charge is 0.496 e. The number of hydrogen-bond acceptors (Lipinski definition) is 4. The first kappa shape index (κ1) is 18.3. The highest BCUT2D eigenvalue weighted by molar-refractivity contribution is 5.97. The molecular weight excluding hydrogens is 306 g/mol. The monoisotopic (exact) mass is 333 g/mol. The molecule has 5 heteroatoms. The number of para-hydroxylation sites is 1. The van der Waals surface area contributed by atoms with Crippen molar-refractivity contribution in [3.63, 3.8) is 0 Å². The molecule has 0 aliphatic heterocycles. The molecule has 0 radical (unpaired) electrons. The van der Waals surface area contributed by atoms with Crippen molar-refractivity contribution in [1.82, 2.24) is 4.90 Å². The SMILES string of the molecule is CCOC(=O)CCN(C(=O)c1ccccc1OC)C1CCCCC1. The van der Waals surface area contributed by atoms with Gasteiger partial charge in [0.15, 0.2) is 0 Å². The Morgan fingerprint density at radius 1 is 1.17 bits per heavy atom. The number of amides is 1. The van der Waals surface area contributed by atoms with Crippen LogP contribution < -0.4 is 4.74 Å². The fraction of sp³-hybridized carbons (Fsp3) is 0.579. The summed E-state index contributed by atoms with van der Waals surface area (Å²) in [4.78, 5) is 26.7. The van der Waals surface area contributed by atoms with Crippen molar-refractivity contribution in [1.29, 1.82) is 0 Å². The van der Waals surface area contributed by atoms with E-state index in [0.29, 0.717) is 24.5 Å². The molecule has 1 amide bonds. The van der Waals surface area contributed by atoms with E-state index in [2.05, 4.69) is 0 Å². The number of rotatable bonds is 7. The van der Waals surface area contributed by atoms with Crippen LogP contribution in [0.25, 0.3) is 0 Å². The number of esters is 1. The molecule has 0 N–H and O–H groups in total. The third kappa shape index (κ3) is 4.73. The topological polar surface area (TPSA) is 55.8 Å². The molecule has 1 fully saturated rings. The van der Waals surface area contributed by atoms with Gasteiger partial charge in [-0.25, -0.2) is 0 Å². The van der Waals surface area contributed by atoms with E-state index < -0.39 is 0 Å². The molecule has 0 unspecified atom stereocenters. The molecule has 1 aliphatic rings. The van der Waals surface area contributed by atoms with Gasteiger partial charge in [-0.1, -0.05) is 31.4 Å². The normalized spacial score (nSPS) is 14.9. The van der Waals surface area contributed by atoms with Crippen LogP contribution in [0.1, 0.15) is 55.8 Å². The van der Waals surface area contributed by atoms with Gasteiger partial charge in [-0.15, -0.1) is 0 Å². The lowest BCUT2D eigenvalue weighted by Crippen LogP contribution is -2.42. The number of carbonyl (C=O) groups excluding carboxylic acids is 2. The molecule has 24 heavy (non-hydrogen) atoms. The second-order valence-electron chi connectivity index (χ2n) is 6.05. The van der Waals surface area contributed by atoms with E-state index >= 15 is 0 Å². The summed E-state index contributed by atoms with van der Waals surface area (Å²) in [6.07, 6.45) is 5.67. The van der Waals surface area contributed by atoms with Gasteiger partial charge in [0, 0.05) is 12.6 Å². The van der Waals surface area contributed by atoms with Gasteiger partial charge < -0.3 is 14.4 Å². The Morgan fingerprint density at radius 2 is 1.88 bits per heavy atom. The number of nitrogens with zero attached hydrogens (tertiary/aromatic N) is 1. The molecule has 1 aliphatic carbocycles. The van der Waals surface area contributed by atoms with Gasteiger partial charge in [0.05, 0.1) is 25.7 Å². The van der Waals surface area contributed by atoms with Crippen LogP contribution in [0.5, 0.6) is 5.75 Å². The van der Waals surface area contributed by atoms with Gasteiger partial charge >= 0.3 is 5.97 Å². The standard InChI is InChI=1S/C19H27NO4/c1-3-24-18(21)13-14-20(15-9-5-4-6-10-15)19(22)16-11-7-8-12-17(16)23-2/h7-8,11-12,15H,3-6,9-10,13-14H2,1-2H3. The predicted octanol–water partition coefficient (Wildman–Crippen LogP) is 3.42. The van der Waals surface area contributed by atoms with E-state index in [-0.39, 0.29) is 24.3 Å². The quantitative estimate of drug-likeness (QED) is 0.718. The number of hydrogen-bond donors (Lipinski definition) is 0. The first-order valence-corrected chi connectivity index (χ1v) is 8.77. The van der Waals surface area contributed by atoms with E-state index in [9.17, 15) is 9.59 Å². The fourth-order valence-corrected chi connectivity index (χ4v) is 3.26. The lowest BCUT2D eigenvalue weighted by Gasteiger charge is -2.34. The lowest BCUT2D eigenvalue weighted by molar-refractivity contribution is -0.143. The zero-order valence-electron chi connectivity index (χ0n) is 14.6. The van der Waals surface area contributed by atoms with Crippen molar-refractivity contribution < 1.29 is 19.1 Å². The minimum atomic E-state index is -0.258. The summed E-state index contributed by atoms with van der Waals surface area (Å²) in [7, 11) is 1.57. The van der Waals surface area contributed by atoms with Crippen molar-refractivity contribution in [2.24, 2.45) is 0 Å². The molecule has 0 bridgehead atoms. The molecular formula is C19H27NO4. The maximum Gasteiger partial charge on any atom is 0.307 e. The molecule has 0 aromatic heterocycles. The van der Waals surface area contributed by atoms with Gasteiger partial charge in [-0.2, -0.15) is 0 Å². The molecule has 0 heterocycles. The van der Waals surface area contributed by atoms with E-state index in [4.69, 9.17) is 9.47 Å². The van der Waals surface area contributed by atoms with Gasteiger partial charge in [0.2, 0.25) is 0 Å². The molecule has 0 saturated heterocycles. The summed E-state index contributed by atoms with van der Waals surface area (Å²) >= 11 is 0. The van der Waals surface area contributed by atoms with Gasteiger partial charge in [0.1, 0.15) is 5.75 Å². The van der Waals surface area contributed by atoms with E-state index in [1.54, 1.807) is 26.2 Å². The van der Waals surface area contributed by atoms with Crippen LogP contribution in [-0.2, 0) is 9.53 Å². The Hall–Kier alpha value is -2.04. The Morgan fingerprint density at radius 3 is 2.54 bits per heavy atom. The number of carbonyl (C=O) groups is 2. The predicted molar refractivity (Wildman–Crippen MR) is 92.2 cm³/mol. The second-order valence-corrected chi connectivity index (χ2v) is 6.05. The van der Waals surface area contributed by atoms with Crippen LogP contribution >= 0.6 is 0 Å². The van der Waals surface area contributed by atoms with Crippen LogP contribution in [0.15, 0.2) is 24.3 Å². The molecule has 132 valence electrons. The highest BCUT2D eigenvalue weighted by Gasteiger charge is 2.28. The van der Waals surface area contributed by atoms with Crippen molar-refractivity contribution in [2.75, 3.05) is 20.3 Å². The summed E-state index contributed by atoms with van der Waals surface area (Å²) in [5, 5.41) is 0. The molecule has 1 saturated carbocycles. The van der Waals surface area contributed by atoms with Crippen LogP contribution in [0.4, 0.5) is 0 Å². The highest BCUT2D eigenvalue weighted by atomic mass is 16.5. The Kier molecular flexibility index (Phi) is 7.09. The third-order valence-electron chi connectivity index (χ3n) is 4.48.